The quantitative estimate of drug-likeness (QED) is 0.589. The maximum atomic E-state index is 13.2. The number of aryl methyl sites for hydroxylation is 1. The van der Waals surface area contributed by atoms with Crippen molar-refractivity contribution in [2.45, 2.75) is 25.3 Å². The summed E-state index contributed by atoms with van der Waals surface area (Å²) in [5.74, 6) is 0.258. The molecular weight excluding hydrogens is 348 g/mol. The molecule has 1 aliphatic rings. The Kier molecular flexibility index (Phi) is 4.13. The molecule has 3 aromatic heterocycles. The van der Waals surface area contributed by atoms with Crippen LogP contribution in [0.3, 0.4) is 0 Å². The second kappa shape index (κ2) is 6.93. The van der Waals surface area contributed by atoms with Gasteiger partial charge in [-0.3, -0.25) is 14.2 Å². The molecule has 1 aliphatic carbocycles. The van der Waals surface area contributed by atoms with E-state index in [1.807, 2.05) is 47.0 Å². The number of pyridine rings is 2. The molecule has 28 heavy (non-hydrogen) atoms. The van der Waals surface area contributed by atoms with Crippen LogP contribution in [0.1, 0.15) is 40.6 Å². The minimum absolute atomic E-state index is 0.0258. The van der Waals surface area contributed by atoms with E-state index in [2.05, 4.69) is 28.5 Å². The fourth-order valence-electron chi connectivity index (χ4n) is 4.05. The van der Waals surface area contributed by atoms with Gasteiger partial charge in [0.05, 0.1) is 17.3 Å². The van der Waals surface area contributed by atoms with E-state index in [-0.39, 0.29) is 11.9 Å². The molecule has 1 unspecified atom stereocenters. The maximum Gasteiger partial charge on any atom is 0.288 e. The summed E-state index contributed by atoms with van der Waals surface area (Å²) in [6.07, 6.45) is 8.46. The van der Waals surface area contributed by atoms with Gasteiger partial charge in [0.15, 0.2) is 0 Å². The van der Waals surface area contributed by atoms with Crippen LogP contribution in [0.15, 0.2) is 73.2 Å². The van der Waals surface area contributed by atoms with Crippen molar-refractivity contribution in [2.24, 2.45) is 0 Å². The monoisotopic (exact) mass is 368 g/mol. The third-order valence-electron chi connectivity index (χ3n) is 5.38. The van der Waals surface area contributed by atoms with Crippen molar-refractivity contribution in [2.75, 3.05) is 0 Å². The normalized spacial score (nSPS) is 15.9. The van der Waals surface area contributed by atoms with Crippen molar-refractivity contribution < 1.29 is 4.79 Å². The van der Waals surface area contributed by atoms with Gasteiger partial charge in [0.2, 0.25) is 5.82 Å². The molecule has 138 valence electrons. The van der Waals surface area contributed by atoms with Crippen LogP contribution in [0.5, 0.6) is 0 Å². The van der Waals surface area contributed by atoms with E-state index < -0.39 is 0 Å². The predicted octanol–water partition coefficient (Wildman–Crippen LogP) is 4.20. The number of carbonyl (C=O) groups is 1. The van der Waals surface area contributed by atoms with Crippen LogP contribution in [0, 0.1) is 0 Å². The van der Waals surface area contributed by atoms with E-state index in [1.165, 1.54) is 11.1 Å². The van der Waals surface area contributed by atoms with Crippen LogP contribution in [0.4, 0.5) is 0 Å². The molecule has 1 N–H and O–H groups in total. The molecule has 3 heterocycles. The molecule has 5 nitrogen and oxygen atoms in total. The van der Waals surface area contributed by atoms with Crippen molar-refractivity contribution >= 4 is 11.4 Å². The van der Waals surface area contributed by atoms with Gasteiger partial charge in [0, 0.05) is 24.2 Å². The minimum Gasteiger partial charge on any atom is -0.343 e. The standard InChI is InChI=1S/C23H20N4O/c28-23(25-19-9-5-7-16-6-1-2-8-18(16)19)22-26-21(17-11-13-24-14-12-17)20-10-3-4-15-27(20)22/h1-4,6,8,10-15,19H,5,7,9H2,(H,25,28). The molecule has 1 aromatic carbocycles. The van der Waals surface area contributed by atoms with Crippen molar-refractivity contribution in [3.63, 3.8) is 0 Å². The van der Waals surface area contributed by atoms with Gasteiger partial charge in [-0.1, -0.05) is 30.3 Å². The highest BCUT2D eigenvalue weighted by atomic mass is 16.2. The number of amides is 1. The molecule has 0 radical (unpaired) electrons. The largest absolute Gasteiger partial charge is 0.343 e. The Morgan fingerprint density at radius 3 is 2.75 bits per heavy atom. The number of nitrogens with zero attached hydrogens (tertiary/aromatic N) is 3. The number of fused-ring (bicyclic) bond motifs is 2. The Hall–Kier alpha value is -3.47. The van der Waals surface area contributed by atoms with Crippen LogP contribution in [0.25, 0.3) is 16.8 Å². The molecule has 4 aromatic rings. The van der Waals surface area contributed by atoms with Crippen molar-refractivity contribution in [3.8, 4) is 11.3 Å². The number of rotatable bonds is 3. The number of aromatic nitrogens is 3. The average molecular weight is 368 g/mol. The Bertz CT molecular complexity index is 1150. The smallest absolute Gasteiger partial charge is 0.288 e. The SMILES string of the molecule is O=C(NC1CCCc2ccccc21)c1nc(-c2ccncc2)c2ccccn12. The lowest BCUT2D eigenvalue weighted by atomic mass is 9.88. The summed E-state index contributed by atoms with van der Waals surface area (Å²) in [7, 11) is 0. The molecule has 0 aliphatic heterocycles. The van der Waals surface area contributed by atoms with Crippen LogP contribution < -0.4 is 5.32 Å². The van der Waals surface area contributed by atoms with Crippen LogP contribution >= 0.6 is 0 Å². The Labute approximate surface area is 163 Å². The first-order valence-corrected chi connectivity index (χ1v) is 9.57. The molecule has 1 amide bonds. The first-order valence-electron chi connectivity index (χ1n) is 9.57. The van der Waals surface area contributed by atoms with E-state index >= 15 is 0 Å². The lowest BCUT2D eigenvalue weighted by molar-refractivity contribution is 0.0921. The van der Waals surface area contributed by atoms with Crippen LogP contribution in [-0.2, 0) is 6.42 Å². The fraction of sp³-hybridized carbons (Fsp3) is 0.174. The lowest BCUT2D eigenvalue weighted by Gasteiger charge is -2.26. The summed E-state index contributed by atoms with van der Waals surface area (Å²) in [4.78, 5) is 22.0. The molecule has 0 spiro atoms. The average Bonchev–Trinajstić information content (AvgIpc) is 3.15. The van der Waals surface area contributed by atoms with E-state index in [0.29, 0.717) is 5.82 Å². The van der Waals surface area contributed by atoms with Gasteiger partial charge < -0.3 is 5.32 Å². The summed E-state index contributed by atoms with van der Waals surface area (Å²) in [5, 5.41) is 3.21. The van der Waals surface area contributed by atoms with Crippen molar-refractivity contribution in [1.29, 1.82) is 0 Å². The van der Waals surface area contributed by atoms with E-state index in [4.69, 9.17) is 4.98 Å². The third-order valence-corrected chi connectivity index (χ3v) is 5.38. The Balaban J connectivity index is 1.53. The number of hydrogen-bond donors (Lipinski definition) is 1. The van der Waals surface area contributed by atoms with Crippen molar-refractivity contribution in [3.05, 3.63) is 90.1 Å². The van der Waals surface area contributed by atoms with E-state index in [1.54, 1.807) is 12.4 Å². The molecule has 1 atom stereocenters. The lowest BCUT2D eigenvalue weighted by Crippen LogP contribution is -2.32. The zero-order valence-electron chi connectivity index (χ0n) is 15.4. The highest BCUT2D eigenvalue weighted by molar-refractivity contribution is 5.94. The van der Waals surface area contributed by atoms with Crippen LogP contribution in [0.2, 0.25) is 0 Å². The zero-order valence-corrected chi connectivity index (χ0v) is 15.4. The second-order valence-corrected chi connectivity index (χ2v) is 7.09. The molecular formula is C23H20N4O. The topological polar surface area (TPSA) is 59.3 Å². The molecule has 5 rings (SSSR count). The van der Waals surface area contributed by atoms with Gasteiger partial charge in [0.1, 0.15) is 0 Å². The van der Waals surface area contributed by atoms with Gasteiger partial charge in [-0.25, -0.2) is 4.98 Å². The maximum absolute atomic E-state index is 13.2. The summed E-state index contributed by atoms with van der Waals surface area (Å²) in [6, 6.07) is 18.1. The van der Waals surface area contributed by atoms with Gasteiger partial charge in [-0.15, -0.1) is 0 Å². The minimum atomic E-state index is -0.150. The first kappa shape index (κ1) is 16.7. The first-order chi connectivity index (χ1) is 13.8. The molecule has 5 heteroatoms. The highest BCUT2D eigenvalue weighted by Crippen LogP contribution is 2.30. The number of imidazole rings is 1. The molecule has 0 saturated heterocycles. The molecule has 0 bridgehead atoms. The van der Waals surface area contributed by atoms with Crippen LogP contribution in [-0.4, -0.2) is 20.3 Å². The zero-order chi connectivity index (χ0) is 18.9. The summed E-state index contributed by atoms with van der Waals surface area (Å²) < 4.78 is 1.86. The predicted molar refractivity (Wildman–Crippen MR) is 108 cm³/mol. The Morgan fingerprint density at radius 2 is 1.86 bits per heavy atom. The number of nitrogens with one attached hydrogen (secondary N) is 1. The number of hydrogen-bond acceptors (Lipinski definition) is 3. The van der Waals surface area contributed by atoms with Gasteiger partial charge in [0.25, 0.3) is 5.91 Å². The fourth-order valence-corrected chi connectivity index (χ4v) is 4.05. The molecule has 0 saturated carbocycles. The summed E-state index contributed by atoms with van der Waals surface area (Å²) >= 11 is 0. The van der Waals surface area contributed by atoms with E-state index in [9.17, 15) is 4.79 Å². The molecule has 0 fully saturated rings. The Morgan fingerprint density at radius 1 is 1.04 bits per heavy atom. The van der Waals surface area contributed by atoms with Gasteiger partial charge in [-0.05, 0) is 54.7 Å². The van der Waals surface area contributed by atoms with Gasteiger partial charge in [-0.2, -0.15) is 0 Å². The van der Waals surface area contributed by atoms with Crippen molar-refractivity contribution in [1.82, 2.24) is 19.7 Å². The number of carbonyl (C=O) groups excluding carboxylic acids is 1. The van der Waals surface area contributed by atoms with Gasteiger partial charge >= 0.3 is 0 Å². The third kappa shape index (κ3) is 2.85. The second-order valence-electron chi connectivity index (χ2n) is 7.09. The summed E-state index contributed by atoms with van der Waals surface area (Å²) in [5.41, 5.74) is 5.18. The summed E-state index contributed by atoms with van der Waals surface area (Å²) in [6.45, 7) is 0. The highest BCUT2D eigenvalue weighted by Gasteiger charge is 2.24. The number of benzene rings is 1. The van der Waals surface area contributed by atoms with E-state index in [0.717, 1.165) is 36.0 Å².